The number of hydrogen-bond acceptors (Lipinski definition) is 3. The smallest absolute Gasteiger partial charge is 0.119 e. The molecule has 0 aliphatic rings. The van der Waals surface area contributed by atoms with Crippen LogP contribution in [-0.4, -0.2) is 32.1 Å². The summed E-state index contributed by atoms with van der Waals surface area (Å²) in [7, 11) is 4.11. The lowest BCUT2D eigenvalue weighted by Crippen LogP contribution is -2.19. The summed E-state index contributed by atoms with van der Waals surface area (Å²) in [6, 6.07) is 29.3. The molecule has 0 spiro atoms. The van der Waals surface area contributed by atoms with Crippen LogP contribution in [0.25, 0.3) is 0 Å². The van der Waals surface area contributed by atoms with Crippen molar-refractivity contribution in [2.75, 3.05) is 32.1 Å². The standard InChI is InChI=1S/C23H26N2O/c1-24(2)16-17-26-23-15-9-10-20(18-23)19-25(21-11-5-3-6-12-21)22-13-7-4-8-14-22/h3-15,18H,16-17,19H2,1-2H3. The van der Waals surface area contributed by atoms with Gasteiger partial charge < -0.3 is 14.5 Å². The van der Waals surface area contributed by atoms with Gasteiger partial charge in [-0.3, -0.25) is 0 Å². The predicted molar refractivity (Wildman–Crippen MR) is 109 cm³/mol. The van der Waals surface area contributed by atoms with Crippen molar-refractivity contribution in [1.29, 1.82) is 0 Å². The van der Waals surface area contributed by atoms with E-state index in [4.69, 9.17) is 4.74 Å². The number of benzene rings is 3. The molecule has 3 aromatic carbocycles. The summed E-state index contributed by atoms with van der Waals surface area (Å²) in [5, 5.41) is 0. The van der Waals surface area contributed by atoms with E-state index < -0.39 is 0 Å². The molecule has 0 saturated heterocycles. The van der Waals surface area contributed by atoms with Gasteiger partial charge in [0.05, 0.1) is 0 Å². The monoisotopic (exact) mass is 346 g/mol. The van der Waals surface area contributed by atoms with Crippen LogP contribution in [0.4, 0.5) is 11.4 Å². The van der Waals surface area contributed by atoms with Crippen LogP contribution in [0.2, 0.25) is 0 Å². The van der Waals surface area contributed by atoms with Crippen molar-refractivity contribution in [2.24, 2.45) is 0 Å². The fraction of sp³-hybridized carbons (Fsp3) is 0.217. The van der Waals surface area contributed by atoms with Crippen LogP contribution in [0.5, 0.6) is 5.75 Å². The van der Waals surface area contributed by atoms with Crippen molar-refractivity contribution in [1.82, 2.24) is 4.90 Å². The Labute approximate surface area is 156 Å². The summed E-state index contributed by atoms with van der Waals surface area (Å²) in [5.74, 6) is 0.922. The molecule has 0 fully saturated rings. The van der Waals surface area contributed by atoms with Crippen LogP contribution in [0, 0.1) is 0 Å². The molecule has 3 aromatic rings. The van der Waals surface area contributed by atoms with E-state index in [1.165, 1.54) is 16.9 Å². The van der Waals surface area contributed by atoms with E-state index in [9.17, 15) is 0 Å². The summed E-state index contributed by atoms with van der Waals surface area (Å²) < 4.78 is 5.89. The van der Waals surface area contributed by atoms with E-state index in [0.717, 1.165) is 18.8 Å². The van der Waals surface area contributed by atoms with Gasteiger partial charge in [0.25, 0.3) is 0 Å². The Bertz CT molecular complexity index is 748. The number of para-hydroxylation sites is 2. The lowest BCUT2D eigenvalue weighted by atomic mass is 10.1. The van der Waals surface area contributed by atoms with Gasteiger partial charge in [-0.15, -0.1) is 0 Å². The van der Waals surface area contributed by atoms with E-state index in [2.05, 4.69) is 90.6 Å². The number of hydrogen-bond donors (Lipinski definition) is 0. The highest BCUT2D eigenvalue weighted by Gasteiger charge is 2.10. The molecule has 3 nitrogen and oxygen atoms in total. The second kappa shape index (κ2) is 9.07. The molecule has 0 aromatic heterocycles. The molecular weight excluding hydrogens is 320 g/mol. The fourth-order valence-corrected chi connectivity index (χ4v) is 2.81. The third kappa shape index (κ3) is 5.11. The molecule has 26 heavy (non-hydrogen) atoms. The molecule has 0 amide bonds. The van der Waals surface area contributed by atoms with E-state index in [-0.39, 0.29) is 0 Å². The van der Waals surface area contributed by atoms with Gasteiger partial charge in [0, 0.05) is 24.5 Å². The molecule has 0 aliphatic carbocycles. The topological polar surface area (TPSA) is 15.7 Å². The number of likely N-dealkylation sites (N-methyl/N-ethyl adjacent to an activating group) is 1. The minimum absolute atomic E-state index is 0.692. The maximum Gasteiger partial charge on any atom is 0.119 e. The molecule has 0 radical (unpaired) electrons. The molecule has 134 valence electrons. The Hall–Kier alpha value is -2.78. The molecule has 0 unspecified atom stereocenters. The summed E-state index contributed by atoms with van der Waals surface area (Å²) >= 11 is 0. The van der Waals surface area contributed by atoms with Crippen LogP contribution < -0.4 is 9.64 Å². The Morgan fingerprint density at radius 3 is 1.92 bits per heavy atom. The Balaban J connectivity index is 1.79. The van der Waals surface area contributed by atoms with Crippen LogP contribution in [0.1, 0.15) is 5.56 Å². The van der Waals surface area contributed by atoms with Gasteiger partial charge >= 0.3 is 0 Å². The molecule has 0 saturated carbocycles. The molecule has 0 N–H and O–H groups in total. The molecular formula is C23H26N2O. The van der Waals surface area contributed by atoms with Crippen LogP contribution in [0.3, 0.4) is 0 Å². The summed E-state index contributed by atoms with van der Waals surface area (Å²) in [6.07, 6.45) is 0. The number of nitrogens with zero attached hydrogens (tertiary/aromatic N) is 2. The lowest BCUT2D eigenvalue weighted by molar-refractivity contribution is 0.261. The first-order chi connectivity index (χ1) is 12.7. The highest BCUT2D eigenvalue weighted by Crippen LogP contribution is 2.28. The van der Waals surface area contributed by atoms with E-state index in [1.54, 1.807) is 0 Å². The summed E-state index contributed by atoms with van der Waals surface area (Å²) in [6.45, 7) is 2.39. The number of anilines is 2. The zero-order chi connectivity index (χ0) is 18.2. The largest absolute Gasteiger partial charge is 0.492 e. The number of ether oxygens (including phenoxy) is 1. The van der Waals surface area contributed by atoms with Gasteiger partial charge in [0.15, 0.2) is 0 Å². The van der Waals surface area contributed by atoms with Crippen molar-refractivity contribution in [3.63, 3.8) is 0 Å². The van der Waals surface area contributed by atoms with E-state index in [0.29, 0.717) is 6.61 Å². The minimum atomic E-state index is 0.692. The van der Waals surface area contributed by atoms with Crippen LogP contribution in [-0.2, 0) is 6.54 Å². The average Bonchev–Trinajstić information content (AvgIpc) is 2.67. The van der Waals surface area contributed by atoms with Crippen molar-refractivity contribution in [2.45, 2.75) is 6.54 Å². The minimum Gasteiger partial charge on any atom is -0.492 e. The molecule has 0 aliphatic heterocycles. The van der Waals surface area contributed by atoms with E-state index >= 15 is 0 Å². The maximum atomic E-state index is 5.89. The Morgan fingerprint density at radius 2 is 1.35 bits per heavy atom. The maximum absolute atomic E-state index is 5.89. The molecule has 3 rings (SSSR count). The highest BCUT2D eigenvalue weighted by molar-refractivity contribution is 5.63. The molecule has 0 atom stereocenters. The predicted octanol–water partition coefficient (Wildman–Crippen LogP) is 4.97. The summed E-state index contributed by atoms with van der Waals surface area (Å²) in [5.41, 5.74) is 3.58. The number of rotatable bonds is 8. The first kappa shape index (κ1) is 18.0. The fourth-order valence-electron chi connectivity index (χ4n) is 2.81. The third-order valence-electron chi connectivity index (χ3n) is 4.18. The van der Waals surface area contributed by atoms with Gasteiger partial charge in [0.1, 0.15) is 12.4 Å². The average molecular weight is 346 g/mol. The van der Waals surface area contributed by atoms with Crippen molar-refractivity contribution >= 4 is 11.4 Å². The Kier molecular flexibility index (Phi) is 6.29. The lowest BCUT2D eigenvalue weighted by Gasteiger charge is -2.25. The van der Waals surface area contributed by atoms with Gasteiger partial charge in [-0.25, -0.2) is 0 Å². The normalized spacial score (nSPS) is 10.7. The van der Waals surface area contributed by atoms with Crippen molar-refractivity contribution < 1.29 is 4.74 Å². The molecule has 3 heteroatoms. The third-order valence-corrected chi connectivity index (χ3v) is 4.18. The van der Waals surface area contributed by atoms with Gasteiger partial charge in [0.2, 0.25) is 0 Å². The zero-order valence-corrected chi connectivity index (χ0v) is 15.5. The van der Waals surface area contributed by atoms with Gasteiger partial charge in [-0.05, 0) is 56.1 Å². The molecule has 0 heterocycles. The quantitative estimate of drug-likeness (QED) is 0.573. The first-order valence-electron chi connectivity index (χ1n) is 8.96. The van der Waals surface area contributed by atoms with Gasteiger partial charge in [-0.2, -0.15) is 0 Å². The zero-order valence-electron chi connectivity index (χ0n) is 15.5. The van der Waals surface area contributed by atoms with Gasteiger partial charge in [-0.1, -0.05) is 48.5 Å². The van der Waals surface area contributed by atoms with Crippen molar-refractivity contribution in [3.05, 3.63) is 90.5 Å². The van der Waals surface area contributed by atoms with E-state index in [1.807, 2.05) is 18.2 Å². The Morgan fingerprint density at radius 1 is 0.731 bits per heavy atom. The molecule has 0 bridgehead atoms. The second-order valence-corrected chi connectivity index (χ2v) is 6.56. The second-order valence-electron chi connectivity index (χ2n) is 6.56. The van der Waals surface area contributed by atoms with Crippen LogP contribution >= 0.6 is 0 Å². The SMILES string of the molecule is CN(C)CCOc1cccc(CN(c2ccccc2)c2ccccc2)c1. The first-order valence-corrected chi connectivity index (χ1v) is 8.96. The summed E-state index contributed by atoms with van der Waals surface area (Å²) in [4.78, 5) is 4.44. The van der Waals surface area contributed by atoms with Crippen molar-refractivity contribution in [3.8, 4) is 5.75 Å². The van der Waals surface area contributed by atoms with Crippen LogP contribution in [0.15, 0.2) is 84.9 Å². The highest BCUT2D eigenvalue weighted by atomic mass is 16.5.